The second kappa shape index (κ2) is 8.24. The SMILES string of the molecule is O=C1C(=O)N(Cc2ccc(F)cc2)C(c2cccc(O)c2)/C1=C(/O)c1ccc(Cl)cc1. The molecule has 0 aliphatic carbocycles. The third-order valence-corrected chi connectivity index (χ3v) is 5.36. The maximum Gasteiger partial charge on any atom is 0.295 e. The second-order valence-corrected chi connectivity index (χ2v) is 7.59. The van der Waals surface area contributed by atoms with Crippen LogP contribution in [-0.4, -0.2) is 26.8 Å². The molecule has 4 rings (SSSR count). The molecule has 5 nitrogen and oxygen atoms in total. The maximum atomic E-state index is 13.3. The van der Waals surface area contributed by atoms with Gasteiger partial charge in [-0.2, -0.15) is 0 Å². The quantitative estimate of drug-likeness (QED) is 0.349. The first-order chi connectivity index (χ1) is 14.8. The fourth-order valence-electron chi connectivity index (χ4n) is 3.63. The minimum Gasteiger partial charge on any atom is -0.508 e. The van der Waals surface area contributed by atoms with Crippen molar-refractivity contribution in [2.45, 2.75) is 12.6 Å². The Kier molecular flexibility index (Phi) is 5.48. The highest BCUT2D eigenvalue weighted by Gasteiger charge is 2.46. The number of hydrogen-bond acceptors (Lipinski definition) is 4. The summed E-state index contributed by atoms with van der Waals surface area (Å²) in [7, 11) is 0. The van der Waals surface area contributed by atoms with Gasteiger partial charge in [-0.05, 0) is 59.7 Å². The molecule has 1 unspecified atom stereocenters. The molecular formula is C24H17ClFNO4. The first kappa shape index (κ1) is 20.6. The van der Waals surface area contributed by atoms with Crippen LogP contribution in [0.3, 0.4) is 0 Å². The average Bonchev–Trinajstić information content (AvgIpc) is 3.00. The standard InChI is InChI=1S/C24H17ClFNO4/c25-17-8-6-15(7-9-17)22(29)20-21(16-2-1-3-19(28)12-16)27(24(31)23(20)30)13-14-4-10-18(26)11-5-14/h1-12,21,28-29H,13H2/b22-20-. The van der Waals surface area contributed by atoms with Gasteiger partial charge < -0.3 is 15.1 Å². The molecular weight excluding hydrogens is 421 g/mol. The monoisotopic (exact) mass is 437 g/mol. The van der Waals surface area contributed by atoms with E-state index in [1.54, 1.807) is 36.4 Å². The Morgan fingerprint density at radius 3 is 2.32 bits per heavy atom. The summed E-state index contributed by atoms with van der Waals surface area (Å²) in [6.45, 7) is 0.0164. The Balaban J connectivity index is 1.85. The molecule has 7 heteroatoms. The molecule has 3 aromatic carbocycles. The molecule has 0 spiro atoms. The van der Waals surface area contributed by atoms with Crippen molar-refractivity contribution in [3.8, 4) is 5.75 Å². The number of carbonyl (C=O) groups is 2. The van der Waals surface area contributed by atoms with E-state index in [1.165, 1.54) is 41.3 Å². The summed E-state index contributed by atoms with van der Waals surface area (Å²) in [4.78, 5) is 27.2. The molecule has 1 heterocycles. The molecule has 1 fully saturated rings. The van der Waals surface area contributed by atoms with E-state index in [0.29, 0.717) is 21.7 Å². The van der Waals surface area contributed by atoms with Crippen LogP contribution >= 0.6 is 11.6 Å². The van der Waals surface area contributed by atoms with Crippen LogP contribution in [0.2, 0.25) is 5.02 Å². The minimum absolute atomic E-state index is 0.0164. The van der Waals surface area contributed by atoms with E-state index in [4.69, 9.17) is 11.6 Å². The van der Waals surface area contributed by atoms with Crippen LogP contribution in [0.5, 0.6) is 5.75 Å². The molecule has 0 saturated carbocycles. The van der Waals surface area contributed by atoms with Crippen LogP contribution in [0.25, 0.3) is 5.76 Å². The van der Waals surface area contributed by atoms with Gasteiger partial charge in [-0.3, -0.25) is 9.59 Å². The van der Waals surface area contributed by atoms with Gasteiger partial charge in [0.1, 0.15) is 17.3 Å². The lowest BCUT2D eigenvalue weighted by molar-refractivity contribution is -0.140. The fourth-order valence-corrected chi connectivity index (χ4v) is 3.76. The summed E-state index contributed by atoms with van der Waals surface area (Å²) in [5, 5.41) is 21.4. The Morgan fingerprint density at radius 2 is 1.68 bits per heavy atom. The lowest BCUT2D eigenvalue weighted by Crippen LogP contribution is -2.29. The highest BCUT2D eigenvalue weighted by Crippen LogP contribution is 2.41. The normalized spacial score (nSPS) is 17.9. The van der Waals surface area contributed by atoms with Gasteiger partial charge in [0.25, 0.3) is 11.7 Å². The lowest BCUT2D eigenvalue weighted by atomic mass is 9.95. The molecule has 1 aliphatic rings. The van der Waals surface area contributed by atoms with Crippen LogP contribution in [0.4, 0.5) is 4.39 Å². The van der Waals surface area contributed by atoms with Crippen molar-refractivity contribution in [2.75, 3.05) is 0 Å². The van der Waals surface area contributed by atoms with Gasteiger partial charge in [-0.25, -0.2) is 4.39 Å². The lowest BCUT2D eigenvalue weighted by Gasteiger charge is -2.25. The van der Waals surface area contributed by atoms with Crippen molar-refractivity contribution in [1.82, 2.24) is 4.90 Å². The predicted molar refractivity (Wildman–Crippen MR) is 114 cm³/mol. The van der Waals surface area contributed by atoms with E-state index in [-0.39, 0.29) is 23.6 Å². The van der Waals surface area contributed by atoms with Gasteiger partial charge in [-0.1, -0.05) is 35.9 Å². The van der Waals surface area contributed by atoms with Crippen LogP contribution in [0, 0.1) is 5.82 Å². The minimum atomic E-state index is -0.937. The number of ketones is 1. The Bertz CT molecular complexity index is 1190. The summed E-state index contributed by atoms with van der Waals surface area (Å²) < 4.78 is 13.3. The molecule has 1 amide bonds. The summed E-state index contributed by atoms with van der Waals surface area (Å²) >= 11 is 5.91. The van der Waals surface area contributed by atoms with E-state index in [9.17, 15) is 24.2 Å². The number of aliphatic hydroxyl groups is 1. The molecule has 156 valence electrons. The number of nitrogens with zero attached hydrogens (tertiary/aromatic N) is 1. The van der Waals surface area contributed by atoms with Gasteiger partial charge in [0.05, 0.1) is 11.6 Å². The first-order valence-electron chi connectivity index (χ1n) is 9.43. The van der Waals surface area contributed by atoms with E-state index in [1.807, 2.05) is 0 Å². The molecule has 2 N–H and O–H groups in total. The largest absolute Gasteiger partial charge is 0.508 e. The number of phenols is 1. The number of phenolic OH excluding ortho intramolecular Hbond substituents is 1. The van der Waals surface area contributed by atoms with Gasteiger partial charge in [0.2, 0.25) is 0 Å². The Morgan fingerprint density at radius 1 is 1.00 bits per heavy atom. The Labute approximate surface area is 182 Å². The summed E-state index contributed by atoms with van der Waals surface area (Å²) in [6, 6.07) is 17.0. The number of Topliss-reactive ketones (excluding diaryl/α,β-unsaturated/α-hetero) is 1. The number of aromatic hydroxyl groups is 1. The van der Waals surface area contributed by atoms with Crippen LogP contribution in [0.1, 0.15) is 22.7 Å². The fraction of sp³-hybridized carbons (Fsp3) is 0.0833. The maximum absolute atomic E-state index is 13.3. The van der Waals surface area contributed by atoms with Gasteiger partial charge >= 0.3 is 0 Å². The molecule has 1 atom stereocenters. The van der Waals surface area contributed by atoms with Crippen molar-refractivity contribution in [1.29, 1.82) is 0 Å². The summed E-state index contributed by atoms with van der Waals surface area (Å²) in [6.07, 6.45) is 0. The predicted octanol–water partition coefficient (Wildman–Crippen LogP) is 4.81. The Hall–Kier alpha value is -3.64. The molecule has 1 aliphatic heterocycles. The third kappa shape index (κ3) is 4.02. The number of hydrogen-bond donors (Lipinski definition) is 2. The van der Waals surface area contributed by atoms with E-state index >= 15 is 0 Å². The summed E-state index contributed by atoms with van der Waals surface area (Å²) in [5.74, 6) is -2.45. The third-order valence-electron chi connectivity index (χ3n) is 5.11. The van der Waals surface area contributed by atoms with E-state index < -0.39 is 23.5 Å². The molecule has 3 aromatic rings. The number of carbonyl (C=O) groups excluding carboxylic acids is 2. The molecule has 0 aromatic heterocycles. The van der Waals surface area contributed by atoms with Crippen molar-refractivity contribution in [3.05, 3.63) is 106 Å². The van der Waals surface area contributed by atoms with Crippen molar-refractivity contribution in [3.63, 3.8) is 0 Å². The van der Waals surface area contributed by atoms with Crippen molar-refractivity contribution < 1.29 is 24.2 Å². The molecule has 0 radical (unpaired) electrons. The van der Waals surface area contributed by atoms with Gasteiger partial charge in [0, 0.05) is 17.1 Å². The zero-order valence-corrected chi connectivity index (χ0v) is 16.9. The topological polar surface area (TPSA) is 77.8 Å². The zero-order valence-electron chi connectivity index (χ0n) is 16.1. The average molecular weight is 438 g/mol. The zero-order chi connectivity index (χ0) is 22.1. The number of halogens is 2. The molecule has 31 heavy (non-hydrogen) atoms. The number of benzene rings is 3. The number of likely N-dealkylation sites (tertiary alicyclic amines) is 1. The number of rotatable bonds is 4. The van der Waals surface area contributed by atoms with Crippen molar-refractivity contribution >= 4 is 29.1 Å². The first-order valence-corrected chi connectivity index (χ1v) is 9.80. The number of amides is 1. The van der Waals surface area contributed by atoms with Crippen LogP contribution in [0.15, 0.2) is 78.4 Å². The van der Waals surface area contributed by atoms with E-state index in [2.05, 4.69) is 0 Å². The van der Waals surface area contributed by atoms with Gasteiger partial charge in [0.15, 0.2) is 0 Å². The highest BCUT2D eigenvalue weighted by molar-refractivity contribution is 6.46. The highest BCUT2D eigenvalue weighted by atomic mass is 35.5. The molecule has 1 saturated heterocycles. The second-order valence-electron chi connectivity index (χ2n) is 7.16. The van der Waals surface area contributed by atoms with E-state index in [0.717, 1.165) is 0 Å². The van der Waals surface area contributed by atoms with Crippen LogP contribution in [-0.2, 0) is 16.1 Å². The summed E-state index contributed by atoms with van der Waals surface area (Å²) in [5.41, 5.74) is 1.30. The smallest absolute Gasteiger partial charge is 0.295 e. The van der Waals surface area contributed by atoms with Gasteiger partial charge in [-0.15, -0.1) is 0 Å². The molecule has 0 bridgehead atoms. The number of aliphatic hydroxyl groups excluding tert-OH is 1. The van der Waals surface area contributed by atoms with Crippen molar-refractivity contribution in [2.24, 2.45) is 0 Å². The van der Waals surface area contributed by atoms with Crippen LogP contribution < -0.4 is 0 Å².